The average molecular weight is 383 g/mol. The quantitative estimate of drug-likeness (QED) is 0.803. The van der Waals surface area contributed by atoms with Crippen molar-refractivity contribution in [2.45, 2.75) is 6.92 Å². The Hall–Kier alpha value is -3.22. The molecule has 0 radical (unpaired) electrons. The maximum absolute atomic E-state index is 12.5. The largest absolute Gasteiger partial charge is 0.497 e. The van der Waals surface area contributed by atoms with Gasteiger partial charge in [0.15, 0.2) is 0 Å². The Balaban J connectivity index is 1.60. The van der Waals surface area contributed by atoms with Crippen LogP contribution in [0, 0.1) is 0 Å². The van der Waals surface area contributed by atoms with Gasteiger partial charge in [-0.15, -0.1) is 0 Å². The molecule has 1 heterocycles. The van der Waals surface area contributed by atoms with E-state index in [2.05, 4.69) is 10.2 Å². The first kappa shape index (κ1) is 19.5. The Morgan fingerprint density at radius 2 is 1.68 bits per heavy atom. The lowest BCUT2D eigenvalue weighted by Crippen LogP contribution is -2.50. The van der Waals surface area contributed by atoms with Crippen molar-refractivity contribution < 1.29 is 19.1 Å². The van der Waals surface area contributed by atoms with Gasteiger partial charge in [0.2, 0.25) is 0 Å². The third-order valence-corrected chi connectivity index (χ3v) is 4.65. The van der Waals surface area contributed by atoms with E-state index < -0.39 is 0 Å². The van der Waals surface area contributed by atoms with Crippen LogP contribution in [0.1, 0.15) is 17.3 Å². The van der Waals surface area contributed by atoms with Crippen molar-refractivity contribution in [3.63, 3.8) is 0 Å². The predicted octanol–water partition coefficient (Wildman–Crippen LogP) is 3.23. The van der Waals surface area contributed by atoms with Crippen molar-refractivity contribution in [1.82, 2.24) is 4.90 Å². The summed E-state index contributed by atoms with van der Waals surface area (Å²) in [5.74, 6) is 0.421. The number of methoxy groups -OCH3 is 1. The predicted molar refractivity (Wildman–Crippen MR) is 108 cm³/mol. The molecule has 2 aromatic rings. The number of nitrogens with zero attached hydrogens (tertiary/aromatic N) is 2. The summed E-state index contributed by atoms with van der Waals surface area (Å²) in [6.45, 7) is 4.56. The van der Waals surface area contributed by atoms with Crippen LogP contribution < -0.4 is 15.0 Å². The van der Waals surface area contributed by atoms with Crippen molar-refractivity contribution in [2.24, 2.45) is 0 Å². The number of amides is 2. The van der Waals surface area contributed by atoms with Gasteiger partial charge in [0.25, 0.3) is 0 Å². The van der Waals surface area contributed by atoms with E-state index in [1.807, 2.05) is 30.3 Å². The number of hydrogen-bond donors (Lipinski definition) is 1. The van der Waals surface area contributed by atoms with E-state index in [0.717, 1.165) is 17.1 Å². The molecule has 1 aliphatic rings. The van der Waals surface area contributed by atoms with Crippen LogP contribution in [0.4, 0.5) is 16.2 Å². The first-order chi connectivity index (χ1) is 13.6. The van der Waals surface area contributed by atoms with Crippen molar-refractivity contribution in [2.75, 3.05) is 50.1 Å². The molecule has 1 saturated heterocycles. The second-order valence-corrected chi connectivity index (χ2v) is 6.37. The molecule has 1 N–H and O–H groups in total. The van der Waals surface area contributed by atoms with Gasteiger partial charge in [-0.1, -0.05) is 12.1 Å². The molecule has 0 bridgehead atoms. The van der Waals surface area contributed by atoms with Gasteiger partial charge in [0.05, 0.1) is 25.0 Å². The average Bonchev–Trinajstić information content (AvgIpc) is 2.74. The van der Waals surface area contributed by atoms with Gasteiger partial charge in [0.1, 0.15) is 5.75 Å². The molecule has 3 rings (SSSR count). The molecule has 148 valence electrons. The smallest absolute Gasteiger partial charge is 0.340 e. The van der Waals surface area contributed by atoms with Crippen molar-refractivity contribution in [1.29, 1.82) is 0 Å². The number of piperazine rings is 1. The van der Waals surface area contributed by atoms with E-state index >= 15 is 0 Å². The van der Waals surface area contributed by atoms with E-state index in [1.54, 1.807) is 37.1 Å². The maximum Gasteiger partial charge on any atom is 0.340 e. The van der Waals surface area contributed by atoms with Crippen LogP contribution in [0.5, 0.6) is 5.75 Å². The number of esters is 1. The van der Waals surface area contributed by atoms with E-state index in [1.165, 1.54) is 0 Å². The summed E-state index contributed by atoms with van der Waals surface area (Å²) in [6, 6.07) is 14.5. The van der Waals surface area contributed by atoms with Gasteiger partial charge in [-0.25, -0.2) is 9.59 Å². The highest BCUT2D eigenvalue weighted by molar-refractivity contribution is 5.96. The van der Waals surface area contributed by atoms with E-state index in [4.69, 9.17) is 9.47 Å². The summed E-state index contributed by atoms with van der Waals surface area (Å²) in [4.78, 5) is 28.6. The fourth-order valence-corrected chi connectivity index (χ4v) is 3.16. The molecule has 0 saturated carbocycles. The van der Waals surface area contributed by atoms with E-state index in [0.29, 0.717) is 38.3 Å². The number of benzene rings is 2. The zero-order valence-corrected chi connectivity index (χ0v) is 16.2. The molecular weight excluding hydrogens is 358 g/mol. The summed E-state index contributed by atoms with van der Waals surface area (Å²) >= 11 is 0. The molecule has 1 aliphatic heterocycles. The normalized spacial score (nSPS) is 13.8. The maximum atomic E-state index is 12.5. The lowest BCUT2D eigenvalue weighted by Gasteiger charge is -2.36. The second-order valence-electron chi connectivity index (χ2n) is 6.37. The van der Waals surface area contributed by atoms with Crippen LogP contribution in [0.25, 0.3) is 0 Å². The molecule has 2 aromatic carbocycles. The molecule has 0 aliphatic carbocycles. The minimum absolute atomic E-state index is 0.136. The first-order valence-electron chi connectivity index (χ1n) is 9.33. The molecule has 0 aromatic heterocycles. The molecule has 0 unspecified atom stereocenters. The molecule has 28 heavy (non-hydrogen) atoms. The fraction of sp³-hybridized carbons (Fsp3) is 0.333. The van der Waals surface area contributed by atoms with Gasteiger partial charge in [-0.05, 0) is 43.3 Å². The molecule has 0 spiro atoms. The summed E-state index contributed by atoms with van der Waals surface area (Å²) in [5.41, 5.74) is 2.12. The van der Waals surface area contributed by atoms with Crippen LogP contribution in [0.3, 0.4) is 0 Å². The summed E-state index contributed by atoms with van der Waals surface area (Å²) in [7, 11) is 1.60. The molecule has 2 amide bonds. The van der Waals surface area contributed by atoms with Crippen LogP contribution in [0.2, 0.25) is 0 Å². The Morgan fingerprint density at radius 1 is 1.00 bits per heavy atom. The third kappa shape index (κ3) is 4.54. The number of carbonyl (C=O) groups is 2. The fourth-order valence-electron chi connectivity index (χ4n) is 3.16. The number of rotatable bonds is 5. The summed E-state index contributed by atoms with van der Waals surface area (Å²) in [5, 5.41) is 2.90. The highest BCUT2D eigenvalue weighted by atomic mass is 16.5. The topological polar surface area (TPSA) is 71.1 Å². The first-order valence-corrected chi connectivity index (χ1v) is 9.33. The number of carbonyl (C=O) groups excluding carboxylic acids is 2. The van der Waals surface area contributed by atoms with E-state index in [9.17, 15) is 9.59 Å². The number of ether oxygens (including phenoxy) is 2. The summed E-state index contributed by atoms with van der Waals surface area (Å²) in [6.07, 6.45) is 0. The Morgan fingerprint density at radius 3 is 2.32 bits per heavy atom. The Labute approximate surface area is 164 Å². The standard InChI is InChI=1S/C21H25N3O4/c1-3-28-20(25)18-6-4-5-7-19(18)23-12-14-24(15-13-23)21(26)22-16-8-10-17(27-2)11-9-16/h4-11H,3,12-15H2,1-2H3,(H,22,26). The van der Waals surface area contributed by atoms with Gasteiger partial charge >= 0.3 is 12.0 Å². The monoisotopic (exact) mass is 383 g/mol. The van der Waals surface area contributed by atoms with Gasteiger partial charge in [-0.3, -0.25) is 0 Å². The molecule has 7 heteroatoms. The Kier molecular flexibility index (Phi) is 6.37. The van der Waals surface area contributed by atoms with Gasteiger partial charge in [0, 0.05) is 31.9 Å². The lowest BCUT2D eigenvalue weighted by molar-refractivity contribution is 0.0527. The SMILES string of the molecule is CCOC(=O)c1ccccc1N1CCN(C(=O)Nc2ccc(OC)cc2)CC1. The van der Waals surface area contributed by atoms with E-state index in [-0.39, 0.29) is 12.0 Å². The number of anilines is 2. The molecular formula is C21H25N3O4. The van der Waals surface area contributed by atoms with Gasteiger partial charge in [-0.2, -0.15) is 0 Å². The van der Waals surface area contributed by atoms with Crippen LogP contribution in [0.15, 0.2) is 48.5 Å². The third-order valence-electron chi connectivity index (χ3n) is 4.65. The summed E-state index contributed by atoms with van der Waals surface area (Å²) < 4.78 is 10.3. The van der Waals surface area contributed by atoms with Crippen molar-refractivity contribution >= 4 is 23.4 Å². The number of hydrogen-bond acceptors (Lipinski definition) is 5. The minimum Gasteiger partial charge on any atom is -0.497 e. The second kappa shape index (κ2) is 9.12. The van der Waals surface area contributed by atoms with Crippen molar-refractivity contribution in [3.05, 3.63) is 54.1 Å². The van der Waals surface area contributed by atoms with Gasteiger partial charge < -0.3 is 24.6 Å². The number of nitrogens with one attached hydrogen (secondary N) is 1. The highest BCUT2D eigenvalue weighted by Gasteiger charge is 2.24. The lowest BCUT2D eigenvalue weighted by atomic mass is 10.1. The van der Waals surface area contributed by atoms with Crippen LogP contribution in [-0.2, 0) is 4.74 Å². The zero-order valence-electron chi connectivity index (χ0n) is 16.2. The molecule has 7 nitrogen and oxygen atoms in total. The number of para-hydroxylation sites is 1. The highest BCUT2D eigenvalue weighted by Crippen LogP contribution is 2.23. The Bertz CT molecular complexity index is 815. The van der Waals surface area contributed by atoms with Crippen molar-refractivity contribution in [3.8, 4) is 5.75 Å². The van der Waals surface area contributed by atoms with Crippen LogP contribution in [-0.4, -0.2) is 56.8 Å². The zero-order chi connectivity index (χ0) is 19.9. The molecule has 1 fully saturated rings. The minimum atomic E-state index is -0.322. The van der Waals surface area contributed by atoms with Crippen LogP contribution >= 0.6 is 0 Å². The molecule has 0 atom stereocenters. The number of urea groups is 1.